The number of nitrogens with zero attached hydrogens (tertiary/aromatic N) is 1. The highest BCUT2D eigenvalue weighted by Crippen LogP contribution is 2.04. The number of ether oxygens (including phenoxy) is 1. The van der Waals surface area contributed by atoms with Gasteiger partial charge in [-0.25, -0.2) is 9.78 Å². The second-order valence-electron chi connectivity index (χ2n) is 2.89. The Hall–Kier alpha value is -1.91. The van der Waals surface area contributed by atoms with Gasteiger partial charge in [0.2, 0.25) is 0 Å². The van der Waals surface area contributed by atoms with E-state index in [9.17, 15) is 9.59 Å². The Morgan fingerprint density at radius 2 is 2.27 bits per heavy atom. The molecule has 0 aliphatic carbocycles. The summed E-state index contributed by atoms with van der Waals surface area (Å²) in [5.41, 5.74) is 0.948. The number of hydrogen-bond acceptors (Lipinski definition) is 4. The monoisotopic (exact) mass is 208 g/mol. The predicted octanol–water partition coefficient (Wildman–Crippen LogP) is 0.892. The molecule has 0 spiro atoms. The van der Waals surface area contributed by atoms with E-state index in [0.29, 0.717) is 5.82 Å². The van der Waals surface area contributed by atoms with Crippen LogP contribution < -0.4 is 5.32 Å². The Balaban J connectivity index is 2.62. The molecule has 15 heavy (non-hydrogen) atoms. The van der Waals surface area contributed by atoms with E-state index in [1.165, 1.54) is 0 Å². The summed E-state index contributed by atoms with van der Waals surface area (Å²) in [6.07, 6.45) is 1.55. The third kappa shape index (κ3) is 3.38. The Morgan fingerprint density at radius 3 is 2.87 bits per heavy atom. The number of aromatic nitrogens is 1. The molecular weight excluding hydrogens is 196 g/mol. The van der Waals surface area contributed by atoms with Crippen molar-refractivity contribution in [3.8, 4) is 0 Å². The van der Waals surface area contributed by atoms with Gasteiger partial charge in [0.15, 0.2) is 0 Å². The summed E-state index contributed by atoms with van der Waals surface area (Å²) in [6.45, 7) is 3.67. The third-order valence-corrected chi connectivity index (χ3v) is 1.62. The van der Waals surface area contributed by atoms with Crippen LogP contribution in [0.25, 0.3) is 0 Å². The van der Waals surface area contributed by atoms with Crippen molar-refractivity contribution in [2.45, 2.75) is 13.8 Å². The van der Waals surface area contributed by atoms with Crippen molar-refractivity contribution in [3.63, 3.8) is 0 Å². The fraction of sp³-hybridized carbons (Fsp3) is 0.300. The lowest BCUT2D eigenvalue weighted by atomic mass is 10.3. The van der Waals surface area contributed by atoms with Crippen LogP contribution >= 0.6 is 0 Å². The second kappa shape index (κ2) is 5.09. The Bertz CT molecular complexity index is 377. The molecule has 0 fully saturated rings. The highest BCUT2D eigenvalue weighted by molar-refractivity contribution is 6.37. The van der Waals surface area contributed by atoms with Gasteiger partial charge in [0.05, 0.1) is 6.61 Å². The number of amides is 1. The van der Waals surface area contributed by atoms with Crippen molar-refractivity contribution in [2.24, 2.45) is 0 Å². The Labute approximate surface area is 87.5 Å². The summed E-state index contributed by atoms with van der Waals surface area (Å²) < 4.78 is 4.53. The van der Waals surface area contributed by atoms with Crippen LogP contribution in [0.3, 0.4) is 0 Å². The number of carbonyl (C=O) groups excluding carboxylic acids is 2. The zero-order valence-corrected chi connectivity index (χ0v) is 8.61. The first-order chi connectivity index (χ1) is 7.13. The largest absolute Gasteiger partial charge is 0.459 e. The molecular formula is C10H12N2O3. The normalized spacial score (nSPS) is 9.47. The molecule has 5 nitrogen and oxygen atoms in total. The molecule has 1 aromatic rings. The Morgan fingerprint density at radius 1 is 1.53 bits per heavy atom. The first kappa shape index (κ1) is 11.2. The topological polar surface area (TPSA) is 68.3 Å². The fourth-order valence-electron chi connectivity index (χ4n) is 0.969. The van der Waals surface area contributed by atoms with Crippen LogP contribution in [0.15, 0.2) is 18.3 Å². The lowest BCUT2D eigenvalue weighted by molar-refractivity contribution is -0.152. The molecule has 1 heterocycles. The summed E-state index contributed by atoms with van der Waals surface area (Å²) in [6, 6.07) is 3.46. The molecule has 0 unspecified atom stereocenters. The van der Waals surface area contributed by atoms with Crippen molar-refractivity contribution in [2.75, 3.05) is 11.9 Å². The van der Waals surface area contributed by atoms with E-state index in [2.05, 4.69) is 15.0 Å². The highest BCUT2D eigenvalue weighted by atomic mass is 16.5. The number of nitrogens with one attached hydrogen (secondary N) is 1. The van der Waals surface area contributed by atoms with E-state index in [0.717, 1.165) is 5.56 Å². The van der Waals surface area contributed by atoms with Crippen molar-refractivity contribution >= 4 is 17.7 Å². The lowest BCUT2D eigenvalue weighted by Gasteiger charge is -2.03. The van der Waals surface area contributed by atoms with Crippen LogP contribution in [0.2, 0.25) is 0 Å². The van der Waals surface area contributed by atoms with Crippen LogP contribution in [0, 0.1) is 6.92 Å². The van der Waals surface area contributed by atoms with Crippen LogP contribution in [0.1, 0.15) is 12.5 Å². The van der Waals surface area contributed by atoms with E-state index >= 15 is 0 Å². The minimum Gasteiger partial charge on any atom is -0.459 e. The van der Waals surface area contributed by atoms with E-state index in [-0.39, 0.29) is 6.61 Å². The molecule has 80 valence electrons. The maximum atomic E-state index is 11.2. The van der Waals surface area contributed by atoms with Crippen molar-refractivity contribution in [1.82, 2.24) is 4.98 Å². The van der Waals surface area contributed by atoms with Crippen LogP contribution in [-0.4, -0.2) is 23.5 Å². The summed E-state index contributed by atoms with van der Waals surface area (Å²) in [5.74, 6) is -1.37. The van der Waals surface area contributed by atoms with Crippen LogP contribution in [0.4, 0.5) is 5.82 Å². The number of rotatable bonds is 2. The molecule has 0 bridgehead atoms. The number of esters is 1. The molecule has 0 atom stereocenters. The zero-order chi connectivity index (χ0) is 11.3. The number of carbonyl (C=O) groups is 2. The quantitative estimate of drug-likeness (QED) is 0.579. The summed E-state index contributed by atoms with van der Waals surface area (Å²) in [7, 11) is 0. The molecule has 0 aromatic carbocycles. The molecule has 0 saturated heterocycles. The number of pyridine rings is 1. The molecule has 1 N–H and O–H groups in total. The second-order valence-corrected chi connectivity index (χ2v) is 2.89. The number of aryl methyl sites for hydroxylation is 1. The molecule has 1 rings (SSSR count). The van der Waals surface area contributed by atoms with E-state index in [1.807, 2.05) is 6.92 Å². The molecule has 0 radical (unpaired) electrons. The SMILES string of the molecule is CCOC(=O)C(=O)Nc1cc(C)ccn1. The van der Waals surface area contributed by atoms with Gasteiger partial charge in [-0.2, -0.15) is 0 Å². The molecule has 0 aliphatic rings. The fourth-order valence-corrected chi connectivity index (χ4v) is 0.969. The van der Waals surface area contributed by atoms with Gasteiger partial charge >= 0.3 is 11.9 Å². The number of anilines is 1. The lowest BCUT2D eigenvalue weighted by Crippen LogP contribution is -2.25. The molecule has 5 heteroatoms. The first-order valence-electron chi connectivity index (χ1n) is 4.54. The van der Waals surface area contributed by atoms with Gasteiger partial charge in [-0.1, -0.05) is 0 Å². The minimum atomic E-state index is -0.902. The van der Waals surface area contributed by atoms with Gasteiger partial charge in [-0.3, -0.25) is 4.79 Å². The standard InChI is InChI=1S/C10H12N2O3/c1-3-15-10(14)9(13)12-8-6-7(2)4-5-11-8/h4-6H,3H2,1-2H3,(H,11,12,13). The van der Waals surface area contributed by atoms with Crippen molar-refractivity contribution < 1.29 is 14.3 Å². The minimum absolute atomic E-state index is 0.174. The van der Waals surface area contributed by atoms with E-state index in [4.69, 9.17) is 0 Å². The average Bonchev–Trinajstić information content (AvgIpc) is 2.18. The maximum Gasteiger partial charge on any atom is 0.397 e. The smallest absolute Gasteiger partial charge is 0.397 e. The summed E-state index contributed by atoms with van der Waals surface area (Å²) >= 11 is 0. The molecule has 0 saturated carbocycles. The van der Waals surface area contributed by atoms with Crippen molar-refractivity contribution in [1.29, 1.82) is 0 Å². The summed E-state index contributed by atoms with van der Waals surface area (Å²) in [4.78, 5) is 26.0. The summed E-state index contributed by atoms with van der Waals surface area (Å²) in [5, 5.41) is 2.34. The maximum absolute atomic E-state index is 11.2. The highest BCUT2D eigenvalue weighted by Gasteiger charge is 2.14. The molecule has 1 amide bonds. The third-order valence-electron chi connectivity index (χ3n) is 1.62. The predicted molar refractivity (Wildman–Crippen MR) is 54.2 cm³/mol. The average molecular weight is 208 g/mol. The van der Waals surface area contributed by atoms with E-state index < -0.39 is 11.9 Å². The van der Waals surface area contributed by atoms with Gasteiger partial charge in [-0.15, -0.1) is 0 Å². The number of hydrogen-bond donors (Lipinski definition) is 1. The van der Waals surface area contributed by atoms with Crippen molar-refractivity contribution in [3.05, 3.63) is 23.9 Å². The van der Waals surface area contributed by atoms with Gasteiger partial charge in [-0.05, 0) is 31.5 Å². The first-order valence-corrected chi connectivity index (χ1v) is 4.54. The molecule has 0 aliphatic heterocycles. The zero-order valence-electron chi connectivity index (χ0n) is 8.61. The van der Waals surface area contributed by atoms with Gasteiger partial charge in [0, 0.05) is 6.20 Å². The Kier molecular flexibility index (Phi) is 3.79. The van der Waals surface area contributed by atoms with Gasteiger partial charge in [0.25, 0.3) is 0 Å². The van der Waals surface area contributed by atoms with E-state index in [1.54, 1.807) is 25.3 Å². The van der Waals surface area contributed by atoms with Crippen LogP contribution in [-0.2, 0) is 14.3 Å². The molecule has 1 aromatic heterocycles. The van der Waals surface area contributed by atoms with Gasteiger partial charge in [0.1, 0.15) is 5.82 Å². The van der Waals surface area contributed by atoms with Gasteiger partial charge < -0.3 is 10.1 Å². The van der Waals surface area contributed by atoms with Crippen LogP contribution in [0.5, 0.6) is 0 Å².